The molecular weight excluding hydrogens is 335 g/mol. The van der Waals surface area contributed by atoms with E-state index in [0.29, 0.717) is 31.1 Å². The highest BCUT2D eigenvalue weighted by Crippen LogP contribution is 2.12. The van der Waals surface area contributed by atoms with E-state index in [1.807, 2.05) is 32.0 Å². The molecule has 0 saturated heterocycles. The van der Waals surface area contributed by atoms with Gasteiger partial charge < -0.3 is 20.1 Å². The molecule has 0 atom stereocenters. The van der Waals surface area contributed by atoms with Crippen LogP contribution in [0.3, 0.4) is 0 Å². The van der Waals surface area contributed by atoms with E-state index < -0.39 is 6.03 Å². The van der Waals surface area contributed by atoms with E-state index in [2.05, 4.69) is 10.6 Å². The van der Waals surface area contributed by atoms with Crippen LogP contribution in [0.5, 0.6) is 0 Å². The molecule has 2 amide bonds. The number of ether oxygens (including phenoxy) is 2. The maximum Gasteiger partial charge on any atom is 0.319 e. The lowest BCUT2D eigenvalue weighted by atomic mass is 10.2. The molecule has 0 saturated carbocycles. The molecule has 26 heavy (non-hydrogen) atoms. The summed E-state index contributed by atoms with van der Waals surface area (Å²) in [5, 5.41) is 5.38. The van der Waals surface area contributed by atoms with Crippen molar-refractivity contribution in [2.45, 2.75) is 33.1 Å². The smallest absolute Gasteiger partial charge is 0.319 e. The van der Waals surface area contributed by atoms with Crippen molar-refractivity contribution in [3.05, 3.63) is 65.5 Å². The fourth-order valence-corrected chi connectivity index (χ4v) is 2.26. The van der Waals surface area contributed by atoms with E-state index in [9.17, 15) is 9.18 Å². The number of anilines is 1. The molecule has 0 aliphatic heterocycles. The van der Waals surface area contributed by atoms with E-state index in [4.69, 9.17) is 9.47 Å². The third kappa shape index (κ3) is 7.21. The molecule has 5 nitrogen and oxygen atoms in total. The molecule has 2 N–H and O–H groups in total. The van der Waals surface area contributed by atoms with Crippen LogP contribution in [-0.4, -0.2) is 25.3 Å². The Bertz CT molecular complexity index is 707. The Morgan fingerprint density at radius 2 is 1.92 bits per heavy atom. The molecule has 0 radical (unpaired) electrons. The zero-order valence-corrected chi connectivity index (χ0v) is 15.1. The summed E-state index contributed by atoms with van der Waals surface area (Å²) < 4.78 is 24.5. The summed E-state index contributed by atoms with van der Waals surface area (Å²) in [4.78, 5) is 12.0. The minimum Gasteiger partial charge on any atom is -0.376 e. The lowest BCUT2D eigenvalue weighted by Crippen LogP contribution is -2.28. The third-order valence-electron chi connectivity index (χ3n) is 3.53. The Kier molecular flexibility index (Phi) is 8.05. The van der Waals surface area contributed by atoms with Crippen molar-refractivity contribution in [3.63, 3.8) is 0 Å². The van der Waals surface area contributed by atoms with E-state index >= 15 is 0 Å². The predicted molar refractivity (Wildman–Crippen MR) is 99.4 cm³/mol. The van der Waals surface area contributed by atoms with Crippen molar-refractivity contribution in [1.29, 1.82) is 0 Å². The van der Waals surface area contributed by atoms with Crippen molar-refractivity contribution >= 4 is 11.7 Å². The number of amides is 2. The van der Waals surface area contributed by atoms with Gasteiger partial charge in [-0.25, -0.2) is 9.18 Å². The molecule has 2 aromatic rings. The van der Waals surface area contributed by atoms with E-state index in [0.717, 1.165) is 5.56 Å². The molecule has 0 spiro atoms. The summed E-state index contributed by atoms with van der Waals surface area (Å²) >= 11 is 0. The predicted octanol–water partition coefficient (Wildman–Crippen LogP) is 4.09. The van der Waals surface area contributed by atoms with Gasteiger partial charge in [0.25, 0.3) is 0 Å². The highest BCUT2D eigenvalue weighted by molar-refractivity contribution is 5.89. The highest BCUT2D eigenvalue weighted by atomic mass is 19.1. The minimum absolute atomic E-state index is 0.122. The van der Waals surface area contributed by atoms with Gasteiger partial charge in [0.05, 0.1) is 25.9 Å². The second-order valence-electron chi connectivity index (χ2n) is 6.07. The number of hydrogen-bond acceptors (Lipinski definition) is 3. The van der Waals surface area contributed by atoms with Crippen LogP contribution in [0.15, 0.2) is 48.5 Å². The SMILES string of the molecule is CC(C)OCCOCc1cccc(NC(=O)NCc2ccccc2F)c1. The van der Waals surface area contributed by atoms with E-state index in [1.165, 1.54) is 6.07 Å². The average molecular weight is 360 g/mol. The fraction of sp³-hybridized carbons (Fsp3) is 0.350. The number of benzene rings is 2. The van der Waals surface area contributed by atoms with Crippen molar-refractivity contribution < 1.29 is 18.7 Å². The van der Waals surface area contributed by atoms with Crippen LogP contribution >= 0.6 is 0 Å². The first-order valence-corrected chi connectivity index (χ1v) is 8.61. The molecule has 2 rings (SSSR count). The van der Waals surface area contributed by atoms with Crippen molar-refractivity contribution in [2.75, 3.05) is 18.5 Å². The van der Waals surface area contributed by atoms with Crippen molar-refractivity contribution in [1.82, 2.24) is 5.32 Å². The first kappa shape index (κ1) is 19.9. The molecule has 2 aromatic carbocycles. The van der Waals surface area contributed by atoms with Crippen LogP contribution in [0.4, 0.5) is 14.9 Å². The quantitative estimate of drug-likeness (QED) is 0.662. The maximum atomic E-state index is 13.5. The molecule has 6 heteroatoms. The summed E-state index contributed by atoms with van der Waals surface area (Å²) in [5.41, 5.74) is 2.03. The van der Waals surface area contributed by atoms with Crippen LogP contribution in [-0.2, 0) is 22.6 Å². The van der Waals surface area contributed by atoms with Crippen LogP contribution < -0.4 is 10.6 Å². The summed E-state index contributed by atoms with van der Waals surface area (Å²) in [6.45, 7) is 5.58. The Balaban J connectivity index is 1.76. The van der Waals surface area contributed by atoms with E-state index in [-0.39, 0.29) is 18.5 Å². The monoisotopic (exact) mass is 360 g/mol. The topological polar surface area (TPSA) is 59.6 Å². The summed E-state index contributed by atoms with van der Waals surface area (Å²) in [5.74, 6) is -0.339. The van der Waals surface area contributed by atoms with Gasteiger partial charge in [0, 0.05) is 17.8 Å². The lowest BCUT2D eigenvalue weighted by molar-refractivity contribution is 0.0143. The van der Waals surface area contributed by atoms with Gasteiger partial charge in [-0.3, -0.25) is 0 Å². The standard InChI is InChI=1S/C20H25FN2O3/c1-15(2)26-11-10-25-14-16-6-5-8-18(12-16)23-20(24)22-13-17-7-3-4-9-19(17)21/h3-9,12,15H,10-11,13-14H2,1-2H3,(H2,22,23,24). The normalized spacial score (nSPS) is 10.8. The second-order valence-corrected chi connectivity index (χ2v) is 6.07. The largest absolute Gasteiger partial charge is 0.376 e. The molecule has 0 fully saturated rings. The molecule has 0 aliphatic rings. The van der Waals surface area contributed by atoms with Gasteiger partial charge in [0.2, 0.25) is 0 Å². The van der Waals surface area contributed by atoms with Crippen LogP contribution in [0.1, 0.15) is 25.0 Å². The van der Waals surface area contributed by atoms with Gasteiger partial charge in [0.1, 0.15) is 5.82 Å². The number of halogens is 1. The number of hydrogen-bond donors (Lipinski definition) is 2. The number of urea groups is 1. The van der Waals surface area contributed by atoms with Gasteiger partial charge >= 0.3 is 6.03 Å². The molecule has 0 unspecified atom stereocenters. The molecular formula is C20H25FN2O3. The fourth-order valence-electron chi connectivity index (χ4n) is 2.26. The molecule has 0 heterocycles. The molecule has 0 aliphatic carbocycles. The summed E-state index contributed by atoms with van der Waals surface area (Å²) in [6, 6.07) is 13.3. The Morgan fingerprint density at radius 1 is 1.12 bits per heavy atom. The lowest BCUT2D eigenvalue weighted by Gasteiger charge is -2.10. The number of rotatable bonds is 9. The first-order valence-electron chi connectivity index (χ1n) is 8.61. The second kappa shape index (κ2) is 10.5. The van der Waals surface area contributed by atoms with Crippen molar-refractivity contribution in [3.8, 4) is 0 Å². The average Bonchev–Trinajstić information content (AvgIpc) is 2.61. The molecule has 0 aromatic heterocycles. The minimum atomic E-state index is -0.392. The van der Waals surface area contributed by atoms with Gasteiger partial charge in [0.15, 0.2) is 0 Å². The Morgan fingerprint density at radius 3 is 2.69 bits per heavy atom. The summed E-state index contributed by atoms with van der Waals surface area (Å²) in [7, 11) is 0. The van der Waals surface area contributed by atoms with Crippen LogP contribution in [0.2, 0.25) is 0 Å². The first-order chi connectivity index (χ1) is 12.5. The van der Waals surface area contributed by atoms with Crippen LogP contribution in [0.25, 0.3) is 0 Å². The molecule has 0 bridgehead atoms. The highest BCUT2D eigenvalue weighted by Gasteiger charge is 2.05. The zero-order chi connectivity index (χ0) is 18.8. The number of carbonyl (C=O) groups is 1. The van der Waals surface area contributed by atoms with Gasteiger partial charge in [-0.2, -0.15) is 0 Å². The molecule has 140 valence electrons. The maximum absolute atomic E-state index is 13.5. The van der Waals surface area contributed by atoms with Crippen LogP contribution in [0, 0.1) is 5.82 Å². The number of nitrogens with one attached hydrogen (secondary N) is 2. The Hall–Kier alpha value is -2.44. The third-order valence-corrected chi connectivity index (χ3v) is 3.53. The van der Waals surface area contributed by atoms with Gasteiger partial charge in [-0.15, -0.1) is 0 Å². The number of carbonyl (C=O) groups excluding carboxylic acids is 1. The Labute approximate surface area is 153 Å². The summed E-state index contributed by atoms with van der Waals surface area (Å²) in [6.07, 6.45) is 0.189. The van der Waals surface area contributed by atoms with Gasteiger partial charge in [-0.1, -0.05) is 30.3 Å². The van der Waals surface area contributed by atoms with E-state index in [1.54, 1.807) is 24.3 Å². The zero-order valence-electron chi connectivity index (χ0n) is 15.1. The van der Waals surface area contributed by atoms with Gasteiger partial charge in [-0.05, 0) is 37.6 Å². The van der Waals surface area contributed by atoms with Crippen molar-refractivity contribution in [2.24, 2.45) is 0 Å².